The summed E-state index contributed by atoms with van der Waals surface area (Å²) >= 11 is 0. The maximum atomic E-state index is 12.6. The van der Waals surface area contributed by atoms with Crippen molar-refractivity contribution in [3.05, 3.63) is 35.0 Å². The first kappa shape index (κ1) is 14.1. The minimum atomic E-state index is -0.275. The third-order valence-electron chi connectivity index (χ3n) is 4.18. The molecule has 0 bridgehead atoms. The van der Waals surface area contributed by atoms with Crippen molar-refractivity contribution in [1.82, 2.24) is 9.88 Å². The molecular weight excluding hydrogens is 268 g/mol. The molecule has 5 heteroatoms. The zero-order valence-corrected chi connectivity index (χ0v) is 12.3. The van der Waals surface area contributed by atoms with E-state index in [2.05, 4.69) is 11.9 Å². The number of aliphatic hydroxyl groups is 1. The molecule has 1 unspecified atom stereocenters. The first-order chi connectivity index (χ1) is 10.1. The Labute approximate surface area is 123 Å². The molecule has 0 saturated carbocycles. The Kier molecular flexibility index (Phi) is 3.69. The van der Waals surface area contributed by atoms with Crippen molar-refractivity contribution in [2.45, 2.75) is 20.0 Å². The van der Waals surface area contributed by atoms with Gasteiger partial charge in [0, 0.05) is 35.2 Å². The number of hydrogen-bond donors (Lipinski definition) is 2. The number of aliphatic hydroxyl groups excluding tert-OH is 1. The van der Waals surface area contributed by atoms with Crippen LogP contribution in [0.1, 0.15) is 21.6 Å². The normalized spacial score (nSPS) is 19.2. The van der Waals surface area contributed by atoms with Gasteiger partial charge in [0.15, 0.2) is 0 Å². The fourth-order valence-electron chi connectivity index (χ4n) is 2.79. The van der Waals surface area contributed by atoms with Crippen LogP contribution in [0.15, 0.2) is 18.2 Å². The number of benzene rings is 1. The number of ether oxygens (including phenoxy) is 1. The molecule has 1 aliphatic heterocycles. The maximum absolute atomic E-state index is 12.6. The summed E-state index contributed by atoms with van der Waals surface area (Å²) in [6.45, 7) is 5.51. The lowest BCUT2D eigenvalue weighted by Crippen LogP contribution is -2.46. The molecule has 1 aromatic heterocycles. The fourth-order valence-corrected chi connectivity index (χ4v) is 2.79. The smallest absolute Gasteiger partial charge is 0.254 e. The third-order valence-corrected chi connectivity index (χ3v) is 4.18. The topological polar surface area (TPSA) is 65.6 Å². The van der Waals surface area contributed by atoms with E-state index in [-0.39, 0.29) is 18.6 Å². The SMILES string of the molecule is Cc1[nH]c2ccc(C(=O)N3CCOC(CO)C3)cc2c1C. The highest BCUT2D eigenvalue weighted by molar-refractivity contribution is 5.99. The van der Waals surface area contributed by atoms with Crippen molar-refractivity contribution in [2.75, 3.05) is 26.3 Å². The molecule has 2 aromatic rings. The first-order valence-electron chi connectivity index (χ1n) is 7.21. The lowest BCUT2D eigenvalue weighted by molar-refractivity contribution is -0.0447. The highest BCUT2D eigenvalue weighted by Gasteiger charge is 2.24. The molecule has 1 amide bonds. The largest absolute Gasteiger partial charge is 0.394 e. The highest BCUT2D eigenvalue weighted by atomic mass is 16.5. The average molecular weight is 288 g/mol. The van der Waals surface area contributed by atoms with Gasteiger partial charge in [-0.3, -0.25) is 4.79 Å². The number of aromatic amines is 1. The Morgan fingerprint density at radius 1 is 1.48 bits per heavy atom. The quantitative estimate of drug-likeness (QED) is 0.882. The Balaban J connectivity index is 1.89. The standard InChI is InChI=1S/C16H20N2O3/c1-10-11(2)17-15-4-3-12(7-14(10)15)16(20)18-5-6-21-13(8-18)9-19/h3-4,7,13,17,19H,5-6,8-9H2,1-2H3. The van der Waals surface area contributed by atoms with Gasteiger partial charge < -0.3 is 19.7 Å². The number of aromatic nitrogens is 1. The van der Waals surface area contributed by atoms with Gasteiger partial charge in [-0.25, -0.2) is 0 Å². The lowest BCUT2D eigenvalue weighted by Gasteiger charge is -2.32. The van der Waals surface area contributed by atoms with Crippen molar-refractivity contribution in [1.29, 1.82) is 0 Å². The van der Waals surface area contributed by atoms with Gasteiger partial charge in [0.25, 0.3) is 5.91 Å². The number of carbonyl (C=O) groups excluding carboxylic acids is 1. The molecule has 2 heterocycles. The lowest BCUT2D eigenvalue weighted by atomic mass is 10.1. The molecule has 1 aliphatic rings. The molecule has 112 valence electrons. The number of nitrogens with zero attached hydrogens (tertiary/aromatic N) is 1. The van der Waals surface area contributed by atoms with Gasteiger partial charge >= 0.3 is 0 Å². The summed E-state index contributed by atoms with van der Waals surface area (Å²) in [7, 11) is 0. The predicted octanol–water partition coefficient (Wildman–Crippen LogP) is 1.62. The number of morpholine rings is 1. The van der Waals surface area contributed by atoms with Crippen LogP contribution in [0.5, 0.6) is 0 Å². The van der Waals surface area contributed by atoms with Crippen molar-refractivity contribution in [3.63, 3.8) is 0 Å². The zero-order chi connectivity index (χ0) is 15.0. The summed E-state index contributed by atoms with van der Waals surface area (Å²) in [5.74, 6) is -0.00287. The number of hydrogen-bond acceptors (Lipinski definition) is 3. The van der Waals surface area contributed by atoms with Gasteiger partial charge in [0.05, 0.1) is 19.3 Å². The second kappa shape index (κ2) is 5.50. The van der Waals surface area contributed by atoms with E-state index in [0.29, 0.717) is 25.3 Å². The van der Waals surface area contributed by atoms with E-state index in [0.717, 1.165) is 16.6 Å². The molecule has 1 fully saturated rings. The summed E-state index contributed by atoms with van der Waals surface area (Å²) in [6.07, 6.45) is -0.275. The van der Waals surface area contributed by atoms with E-state index in [4.69, 9.17) is 4.74 Å². The molecule has 21 heavy (non-hydrogen) atoms. The Morgan fingerprint density at radius 2 is 2.29 bits per heavy atom. The molecular formula is C16H20N2O3. The van der Waals surface area contributed by atoms with Gasteiger partial charge in [-0.05, 0) is 37.6 Å². The van der Waals surface area contributed by atoms with Gasteiger partial charge in [0.2, 0.25) is 0 Å². The van der Waals surface area contributed by atoms with Crippen LogP contribution in [-0.2, 0) is 4.74 Å². The molecule has 0 spiro atoms. The van der Waals surface area contributed by atoms with Crippen LogP contribution in [0.2, 0.25) is 0 Å². The Morgan fingerprint density at radius 3 is 3.05 bits per heavy atom. The van der Waals surface area contributed by atoms with Gasteiger partial charge in [-0.2, -0.15) is 0 Å². The molecule has 1 atom stereocenters. The van der Waals surface area contributed by atoms with E-state index in [1.807, 2.05) is 25.1 Å². The van der Waals surface area contributed by atoms with Crippen molar-refractivity contribution in [3.8, 4) is 0 Å². The van der Waals surface area contributed by atoms with Crippen molar-refractivity contribution in [2.24, 2.45) is 0 Å². The van der Waals surface area contributed by atoms with Crippen molar-refractivity contribution >= 4 is 16.8 Å². The third kappa shape index (κ3) is 2.54. The van der Waals surface area contributed by atoms with E-state index in [9.17, 15) is 9.90 Å². The molecule has 3 rings (SSSR count). The molecule has 1 saturated heterocycles. The van der Waals surface area contributed by atoms with E-state index in [1.165, 1.54) is 5.56 Å². The summed E-state index contributed by atoms with van der Waals surface area (Å²) in [6, 6.07) is 5.75. The first-order valence-corrected chi connectivity index (χ1v) is 7.21. The second-order valence-electron chi connectivity index (χ2n) is 5.56. The average Bonchev–Trinajstić information content (AvgIpc) is 2.81. The second-order valence-corrected chi connectivity index (χ2v) is 5.56. The molecule has 1 aromatic carbocycles. The molecule has 2 N–H and O–H groups in total. The van der Waals surface area contributed by atoms with E-state index in [1.54, 1.807) is 4.90 Å². The summed E-state index contributed by atoms with van der Waals surface area (Å²) in [4.78, 5) is 17.7. The number of carbonyl (C=O) groups is 1. The molecule has 0 aliphatic carbocycles. The zero-order valence-electron chi connectivity index (χ0n) is 12.3. The molecule has 5 nitrogen and oxygen atoms in total. The van der Waals surface area contributed by atoms with Crippen LogP contribution in [0.4, 0.5) is 0 Å². The number of aryl methyl sites for hydroxylation is 2. The van der Waals surface area contributed by atoms with Crippen molar-refractivity contribution < 1.29 is 14.6 Å². The Hall–Kier alpha value is -1.85. The van der Waals surface area contributed by atoms with Gasteiger partial charge in [-0.15, -0.1) is 0 Å². The summed E-state index contributed by atoms with van der Waals surface area (Å²) in [5, 5.41) is 10.3. The molecule has 0 radical (unpaired) electrons. The summed E-state index contributed by atoms with van der Waals surface area (Å²) < 4.78 is 5.39. The van der Waals surface area contributed by atoms with Crippen LogP contribution in [0.25, 0.3) is 10.9 Å². The summed E-state index contributed by atoms with van der Waals surface area (Å²) in [5.41, 5.74) is 4.04. The number of H-pyrrole nitrogens is 1. The van der Waals surface area contributed by atoms with Crippen LogP contribution in [-0.4, -0.2) is 53.3 Å². The van der Waals surface area contributed by atoms with E-state index >= 15 is 0 Å². The van der Waals surface area contributed by atoms with Crippen LogP contribution in [0, 0.1) is 13.8 Å². The van der Waals surface area contributed by atoms with Crippen LogP contribution in [0.3, 0.4) is 0 Å². The minimum absolute atomic E-state index is 0.00287. The number of rotatable bonds is 2. The number of nitrogens with one attached hydrogen (secondary N) is 1. The van der Waals surface area contributed by atoms with Gasteiger partial charge in [0.1, 0.15) is 0 Å². The highest BCUT2D eigenvalue weighted by Crippen LogP contribution is 2.23. The number of amides is 1. The maximum Gasteiger partial charge on any atom is 0.254 e. The van der Waals surface area contributed by atoms with E-state index < -0.39 is 0 Å². The fraction of sp³-hybridized carbons (Fsp3) is 0.438. The number of fused-ring (bicyclic) bond motifs is 1. The monoisotopic (exact) mass is 288 g/mol. The Bertz CT molecular complexity index is 677. The predicted molar refractivity (Wildman–Crippen MR) is 80.5 cm³/mol. The minimum Gasteiger partial charge on any atom is -0.394 e. The van der Waals surface area contributed by atoms with Crippen LogP contribution < -0.4 is 0 Å². The van der Waals surface area contributed by atoms with Gasteiger partial charge in [-0.1, -0.05) is 0 Å². The van der Waals surface area contributed by atoms with Crippen LogP contribution >= 0.6 is 0 Å².